The van der Waals surface area contributed by atoms with Crippen LogP contribution in [0.15, 0.2) is 25.8 Å². The quantitative estimate of drug-likeness (QED) is 0.604. The molecule has 0 radical (unpaired) electrons. The predicted octanol–water partition coefficient (Wildman–Crippen LogP) is 0.0139. The maximum Gasteiger partial charge on any atom is 0.339 e. The lowest BCUT2D eigenvalue weighted by molar-refractivity contribution is 0.596. The molecule has 0 aliphatic heterocycles. The Hall–Kier alpha value is -2.16. The summed E-state index contributed by atoms with van der Waals surface area (Å²) in [5.41, 5.74) is -1.56. The molecule has 2 aromatic rings. The van der Waals surface area contributed by atoms with E-state index in [1.807, 2.05) is 6.92 Å². The highest BCUT2D eigenvalue weighted by Gasteiger charge is 2.09. The van der Waals surface area contributed by atoms with Crippen LogP contribution in [0.3, 0.4) is 0 Å². The van der Waals surface area contributed by atoms with E-state index in [4.69, 9.17) is 0 Å². The molecule has 0 saturated heterocycles. The molecule has 0 bridgehead atoms. The fourth-order valence-corrected chi connectivity index (χ4v) is 2.28. The van der Waals surface area contributed by atoms with Gasteiger partial charge in [-0.1, -0.05) is 6.92 Å². The Balaban J connectivity index is 2.41. The Morgan fingerprint density at radius 1 is 1.35 bits per heavy atom. The maximum absolute atomic E-state index is 11.3. The number of H-pyrrole nitrogens is 1. The highest BCUT2D eigenvalue weighted by Crippen LogP contribution is 2.24. The summed E-state index contributed by atoms with van der Waals surface area (Å²) in [5.74, 6) is 1.38. The molecule has 0 atom stereocenters. The Morgan fingerprint density at radius 3 is 2.75 bits per heavy atom. The van der Waals surface area contributed by atoms with Crippen molar-refractivity contribution in [1.82, 2.24) is 24.7 Å². The predicted molar refractivity (Wildman–Crippen MR) is 75.2 cm³/mol. The van der Waals surface area contributed by atoms with Crippen LogP contribution in [0.25, 0.3) is 0 Å². The average molecular weight is 294 g/mol. The normalized spacial score (nSPS) is 10.6. The smallest absolute Gasteiger partial charge is 0.339 e. The van der Waals surface area contributed by atoms with E-state index in [-0.39, 0.29) is 0 Å². The van der Waals surface area contributed by atoms with Crippen LogP contribution in [0.4, 0.5) is 5.82 Å². The van der Waals surface area contributed by atoms with E-state index in [1.54, 1.807) is 20.2 Å². The summed E-state index contributed by atoms with van der Waals surface area (Å²) >= 11 is 1.19. The van der Waals surface area contributed by atoms with Crippen LogP contribution in [-0.4, -0.2) is 31.8 Å². The number of anilines is 1. The molecule has 2 heterocycles. The first-order valence-corrected chi connectivity index (χ1v) is 6.76. The number of nitrogens with zero attached hydrogens (tertiary/aromatic N) is 4. The minimum absolute atomic E-state index is 0.359. The third kappa shape index (κ3) is 3.05. The summed E-state index contributed by atoms with van der Waals surface area (Å²) < 4.78 is 1.39. The summed E-state index contributed by atoms with van der Waals surface area (Å²) in [6.07, 6.45) is 0.695. The second-order valence-corrected chi connectivity index (χ2v) is 4.90. The number of aromatic nitrogens is 5. The van der Waals surface area contributed by atoms with E-state index in [2.05, 4.69) is 25.4 Å². The van der Waals surface area contributed by atoms with Gasteiger partial charge in [-0.15, -0.1) is 0 Å². The third-order valence-corrected chi connectivity index (χ3v) is 3.43. The molecule has 0 aliphatic rings. The summed E-state index contributed by atoms with van der Waals surface area (Å²) in [4.78, 5) is 34.8. The second kappa shape index (κ2) is 5.87. The van der Waals surface area contributed by atoms with Crippen molar-refractivity contribution in [2.24, 2.45) is 7.05 Å². The van der Waals surface area contributed by atoms with Crippen molar-refractivity contribution in [3.8, 4) is 0 Å². The van der Waals surface area contributed by atoms with Gasteiger partial charge in [0, 0.05) is 26.6 Å². The van der Waals surface area contributed by atoms with E-state index in [9.17, 15) is 9.59 Å². The first-order chi connectivity index (χ1) is 9.53. The van der Waals surface area contributed by atoms with Gasteiger partial charge in [-0.25, -0.2) is 9.97 Å². The number of aromatic amines is 1. The van der Waals surface area contributed by atoms with Crippen LogP contribution in [0, 0.1) is 0 Å². The van der Waals surface area contributed by atoms with Crippen LogP contribution in [-0.2, 0) is 13.5 Å². The zero-order chi connectivity index (χ0) is 14.7. The van der Waals surface area contributed by atoms with Crippen LogP contribution < -0.4 is 16.4 Å². The summed E-state index contributed by atoms with van der Waals surface area (Å²) in [6.45, 7) is 1.96. The van der Waals surface area contributed by atoms with Crippen molar-refractivity contribution < 1.29 is 0 Å². The van der Waals surface area contributed by atoms with Gasteiger partial charge < -0.3 is 5.32 Å². The molecule has 0 amide bonds. The van der Waals surface area contributed by atoms with Gasteiger partial charge in [0.05, 0.1) is 0 Å². The highest BCUT2D eigenvalue weighted by molar-refractivity contribution is 7.99. The Kier molecular flexibility index (Phi) is 4.18. The molecule has 106 valence electrons. The Bertz CT molecular complexity index is 716. The molecule has 0 saturated carbocycles. The zero-order valence-electron chi connectivity index (χ0n) is 11.3. The minimum Gasteiger partial charge on any atom is -0.373 e. The van der Waals surface area contributed by atoms with Gasteiger partial charge >= 0.3 is 11.1 Å². The number of nitrogens with one attached hydrogen (secondary N) is 2. The Labute approximate surface area is 118 Å². The lowest BCUT2D eigenvalue weighted by Gasteiger charge is -2.08. The molecule has 2 aromatic heterocycles. The molecule has 0 aromatic carbocycles. The summed E-state index contributed by atoms with van der Waals surface area (Å²) in [7, 11) is 3.38. The topological polar surface area (TPSA) is 106 Å². The average Bonchev–Trinajstić information content (AvgIpc) is 2.44. The molecule has 8 nitrogen and oxygen atoms in total. The van der Waals surface area contributed by atoms with Crippen LogP contribution in [0.1, 0.15) is 12.7 Å². The monoisotopic (exact) mass is 294 g/mol. The van der Waals surface area contributed by atoms with Gasteiger partial charge in [-0.05, 0) is 11.8 Å². The SMILES string of the molecule is CCc1nc(NC)cc(Sc2nc(=O)c(=O)[nH]n2C)n1. The lowest BCUT2D eigenvalue weighted by Crippen LogP contribution is -2.33. The molecule has 9 heteroatoms. The van der Waals surface area contributed by atoms with E-state index in [1.165, 1.54) is 16.4 Å². The second-order valence-electron chi connectivity index (χ2n) is 3.91. The Morgan fingerprint density at radius 2 is 2.10 bits per heavy atom. The largest absolute Gasteiger partial charge is 0.373 e. The van der Waals surface area contributed by atoms with E-state index >= 15 is 0 Å². The molecular weight excluding hydrogens is 280 g/mol. The highest BCUT2D eigenvalue weighted by atomic mass is 32.2. The van der Waals surface area contributed by atoms with Crippen LogP contribution >= 0.6 is 11.8 Å². The van der Waals surface area contributed by atoms with Crippen molar-refractivity contribution in [1.29, 1.82) is 0 Å². The van der Waals surface area contributed by atoms with Crippen LogP contribution in [0.2, 0.25) is 0 Å². The molecule has 0 aliphatic carbocycles. The van der Waals surface area contributed by atoms with Crippen molar-refractivity contribution in [2.45, 2.75) is 23.5 Å². The van der Waals surface area contributed by atoms with E-state index in [0.717, 1.165) is 0 Å². The summed E-state index contributed by atoms with van der Waals surface area (Å²) in [6, 6.07) is 1.75. The molecule has 0 unspecified atom stereocenters. The molecule has 0 spiro atoms. The number of hydrogen-bond acceptors (Lipinski definition) is 7. The van der Waals surface area contributed by atoms with Gasteiger partial charge in [-0.3, -0.25) is 19.4 Å². The first kappa shape index (κ1) is 14.3. The zero-order valence-corrected chi connectivity index (χ0v) is 12.1. The maximum atomic E-state index is 11.3. The number of aryl methyl sites for hydroxylation is 2. The molecule has 20 heavy (non-hydrogen) atoms. The third-order valence-electron chi connectivity index (χ3n) is 2.46. The number of hydrogen-bond donors (Lipinski definition) is 2. The molecular formula is C11H14N6O2S. The molecule has 2 rings (SSSR count). The molecule has 0 fully saturated rings. The van der Waals surface area contributed by atoms with Crippen molar-refractivity contribution in [2.75, 3.05) is 12.4 Å². The van der Waals surface area contributed by atoms with Gasteiger partial charge in [0.15, 0.2) is 5.16 Å². The van der Waals surface area contributed by atoms with Gasteiger partial charge in [0.2, 0.25) is 0 Å². The van der Waals surface area contributed by atoms with Gasteiger partial charge in [0.25, 0.3) is 0 Å². The lowest BCUT2D eigenvalue weighted by atomic mass is 10.4. The number of rotatable bonds is 4. The first-order valence-electron chi connectivity index (χ1n) is 5.94. The van der Waals surface area contributed by atoms with Gasteiger partial charge in [0.1, 0.15) is 16.7 Å². The molecule has 2 N–H and O–H groups in total. The van der Waals surface area contributed by atoms with Crippen molar-refractivity contribution >= 4 is 17.6 Å². The van der Waals surface area contributed by atoms with Gasteiger partial charge in [-0.2, -0.15) is 4.98 Å². The fraction of sp³-hybridized carbons (Fsp3) is 0.364. The van der Waals surface area contributed by atoms with E-state index in [0.29, 0.717) is 28.2 Å². The van der Waals surface area contributed by atoms with Crippen molar-refractivity contribution in [3.63, 3.8) is 0 Å². The summed E-state index contributed by atoms with van der Waals surface area (Å²) in [5, 5.41) is 6.35. The van der Waals surface area contributed by atoms with Crippen LogP contribution in [0.5, 0.6) is 0 Å². The van der Waals surface area contributed by atoms with E-state index < -0.39 is 11.1 Å². The van der Waals surface area contributed by atoms with Crippen molar-refractivity contribution in [3.05, 3.63) is 32.6 Å². The fourth-order valence-electron chi connectivity index (χ4n) is 1.46. The minimum atomic E-state index is -0.816. The standard InChI is InChI=1S/C11H14N6O2S/c1-4-6-13-7(12-2)5-8(14-6)20-11-15-9(18)10(19)16-17(11)3/h5H,4H2,1-3H3,(H,16,19)(H,12,13,14).